The molecule has 1 atom stereocenters. The van der Waals surface area contributed by atoms with Crippen molar-refractivity contribution in [1.82, 2.24) is 5.32 Å². The first-order valence-corrected chi connectivity index (χ1v) is 3.74. The van der Waals surface area contributed by atoms with Gasteiger partial charge >= 0.3 is 0 Å². The number of aliphatic hydroxyl groups is 1. The summed E-state index contributed by atoms with van der Waals surface area (Å²) in [5, 5.41) is 12.6. The topological polar surface area (TPSA) is 50.7 Å². The van der Waals surface area contributed by atoms with E-state index in [4.69, 9.17) is 9.47 Å². The number of methoxy groups -OCH3 is 2. The highest BCUT2D eigenvalue weighted by molar-refractivity contribution is 4.85. The van der Waals surface area contributed by atoms with Gasteiger partial charge in [-0.1, -0.05) is 0 Å². The van der Waals surface area contributed by atoms with Crippen LogP contribution in [0.5, 0.6) is 0 Å². The summed E-state index contributed by atoms with van der Waals surface area (Å²) in [6, 6.07) is 0. The molecule has 0 aromatic carbocycles. The Morgan fingerprint density at radius 3 is 2.45 bits per heavy atom. The highest BCUT2D eigenvalue weighted by Gasteiger charge is 2.40. The Bertz CT molecular complexity index is 125. The van der Waals surface area contributed by atoms with Gasteiger partial charge in [-0.15, -0.1) is 0 Å². The lowest BCUT2D eigenvalue weighted by Gasteiger charge is -2.38. The summed E-state index contributed by atoms with van der Waals surface area (Å²) in [6.07, 6.45) is 0.104. The van der Waals surface area contributed by atoms with Crippen molar-refractivity contribution in [3.63, 3.8) is 0 Å². The molecule has 4 heteroatoms. The van der Waals surface area contributed by atoms with Gasteiger partial charge in [0.15, 0.2) is 5.79 Å². The molecule has 1 rings (SSSR count). The predicted octanol–water partition coefficient (Wildman–Crippen LogP) is -0.670. The summed E-state index contributed by atoms with van der Waals surface area (Å²) in [6.45, 7) is 1.35. The van der Waals surface area contributed by atoms with E-state index in [0.29, 0.717) is 13.0 Å². The molecule has 1 aliphatic rings. The van der Waals surface area contributed by atoms with Crippen LogP contribution in [0.4, 0.5) is 0 Å². The molecule has 0 radical (unpaired) electrons. The molecular formula is C7H15NO3. The number of hydrogen-bond donors (Lipinski definition) is 2. The average molecular weight is 161 g/mol. The van der Waals surface area contributed by atoms with Gasteiger partial charge in [-0.05, 0) is 0 Å². The molecule has 0 aliphatic carbocycles. The Morgan fingerprint density at radius 1 is 1.45 bits per heavy atom. The first-order chi connectivity index (χ1) is 5.25. The van der Waals surface area contributed by atoms with Gasteiger partial charge in [-0.2, -0.15) is 0 Å². The lowest BCUT2D eigenvalue weighted by atomic mass is 10.0. The van der Waals surface area contributed by atoms with Gasteiger partial charge in [0.1, 0.15) is 6.10 Å². The van der Waals surface area contributed by atoms with Crippen molar-refractivity contribution < 1.29 is 14.6 Å². The van der Waals surface area contributed by atoms with Gasteiger partial charge in [-0.3, -0.25) is 0 Å². The maximum Gasteiger partial charge on any atom is 0.196 e. The van der Waals surface area contributed by atoms with E-state index in [9.17, 15) is 5.11 Å². The van der Waals surface area contributed by atoms with E-state index in [1.54, 1.807) is 14.2 Å². The van der Waals surface area contributed by atoms with Gasteiger partial charge in [0.25, 0.3) is 0 Å². The van der Waals surface area contributed by atoms with Gasteiger partial charge in [0, 0.05) is 33.7 Å². The highest BCUT2D eigenvalue weighted by Crippen LogP contribution is 2.22. The van der Waals surface area contributed by atoms with Crippen LogP contribution in [0.25, 0.3) is 0 Å². The Kier molecular flexibility index (Phi) is 2.84. The summed E-state index contributed by atoms with van der Waals surface area (Å²) in [5.41, 5.74) is 0. The van der Waals surface area contributed by atoms with Crippen molar-refractivity contribution in [1.29, 1.82) is 0 Å². The molecule has 0 spiro atoms. The first kappa shape index (κ1) is 8.93. The normalized spacial score (nSPS) is 30.3. The van der Waals surface area contributed by atoms with E-state index in [0.717, 1.165) is 6.54 Å². The second-order valence-electron chi connectivity index (χ2n) is 2.69. The fourth-order valence-electron chi connectivity index (χ4n) is 1.38. The van der Waals surface area contributed by atoms with Gasteiger partial charge in [0.2, 0.25) is 0 Å². The standard InChI is InChI=1S/C7H15NO3/c1-10-7(11-2)3-4-8-5-6(7)9/h6,8-9H,3-5H2,1-2H3/t6-/m0/s1. The van der Waals surface area contributed by atoms with Crippen molar-refractivity contribution in [2.45, 2.75) is 18.3 Å². The Labute approximate surface area is 66.5 Å². The molecule has 0 amide bonds. The zero-order valence-corrected chi connectivity index (χ0v) is 6.96. The Hall–Kier alpha value is -0.160. The summed E-state index contributed by atoms with van der Waals surface area (Å²) < 4.78 is 10.3. The number of hydrogen-bond acceptors (Lipinski definition) is 4. The van der Waals surface area contributed by atoms with Crippen LogP contribution in [-0.4, -0.2) is 44.3 Å². The smallest absolute Gasteiger partial charge is 0.196 e. The van der Waals surface area contributed by atoms with E-state index >= 15 is 0 Å². The third-order valence-corrected chi connectivity index (χ3v) is 2.19. The minimum Gasteiger partial charge on any atom is -0.386 e. The van der Waals surface area contributed by atoms with Crippen molar-refractivity contribution >= 4 is 0 Å². The molecule has 66 valence electrons. The Balaban J connectivity index is 2.61. The molecule has 2 N–H and O–H groups in total. The molecule has 1 fully saturated rings. The van der Waals surface area contributed by atoms with Crippen LogP contribution in [0.2, 0.25) is 0 Å². The van der Waals surface area contributed by atoms with Gasteiger partial charge in [-0.25, -0.2) is 0 Å². The lowest BCUT2D eigenvalue weighted by molar-refractivity contribution is -0.267. The fraction of sp³-hybridized carbons (Fsp3) is 1.00. The number of rotatable bonds is 2. The van der Waals surface area contributed by atoms with E-state index < -0.39 is 11.9 Å². The second kappa shape index (κ2) is 3.49. The summed E-state index contributed by atoms with van der Waals surface area (Å²) in [5.74, 6) is -0.786. The number of aliphatic hydroxyl groups excluding tert-OH is 1. The van der Waals surface area contributed by atoms with Crippen LogP contribution in [0.15, 0.2) is 0 Å². The summed E-state index contributed by atoms with van der Waals surface area (Å²) >= 11 is 0. The minimum atomic E-state index is -0.786. The van der Waals surface area contributed by atoms with Crippen LogP contribution in [0.1, 0.15) is 6.42 Å². The molecule has 1 aliphatic heterocycles. The second-order valence-corrected chi connectivity index (χ2v) is 2.69. The highest BCUT2D eigenvalue weighted by atomic mass is 16.7. The van der Waals surface area contributed by atoms with Crippen molar-refractivity contribution in [2.75, 3.05) is 27.3 Å². The first-order valence-electron chi connectivity index (χ1n) is 3.74. The van der Waals surface area contributed by atoms with Crippen LogP contribution in [0.3, 0.4) is 0 Å². The molecule has 0 aromatic heterocycles. The monoisotopic (exact) mass is 161 g/mol. The van der Waals surface area contributed by atoms with Gasteiger partial charge < -0.3 is 19.9 Å². The molecule has 0 unspecified atom stereocenters. The average Bonchev–Trinajstić information content (AvgIpc) is 2.06. The molecule has 11 heavy (non-hydrogen) atoms. The zero-order chi connectivity index (χ0) is 8.32. The molecule has 0 bridgehead atoms. The van der Waals surface area contributed by atoms with Gasteiger partial charge in [0.05, 0.1) is 0 Å². The lowest BCUT2D eigenvalue weighted by Crippen LogP contribution is -2.56. The minimum absolute atomic E-state index is 0.529. The third-order valence-electron chi connectivity index (χ3n) is 2.19. The van der Waals surface area contributed by atoms with Crippen molar-refractivity contribution in [2.24, 2.45) is 0 Å². The number of ether oxygens (including phenoxy) is 2. The number of nitrogens with one attached hydrogen (secondary N) is 1. The maximum atomic E-state index is 9.51. The molecule has 1 saturated heterocycles. The zero-order valence-electron chi connectivity index (χ0n) is 6.96. The van der Waals surface area contributed by atoms with E-state index in [1.165, 1.54) is 0 Å². The molecule has 1 heterocycles. The van der Waals surface area contributed by atoms with Crippen molar-refractivity contribution in [3.05, 3.63) is 0 Å². The molecule has 4 nitrogen and oxygen atoms in total. The summed E-state index contributed by atoms with van der Waals surface area (Å²) in [7, 11) is 3.11. The quantitative estimate of drug-likeness (QED) is 0.527. The third kappa shape index (κ3) is 1.54. The van der Waals surface area contributed by atoms with Crippen LogP contribution in [-0.2, 0) is 9.47 Å². The molecule has 0 aromatic rings. The van der Waals surface area contributed by atoms with Crippen LogP contribution >= 0.6 is 0 Å². The fourth-order valence-corrected chi connectivity index (χ4v) is 1.38. The molecular weight excluding hydrogens is 146 g/mol. The van der Waals surface area contributed by atoms with Crippen LogP contribution in [0, 0.1) is 0 Å². The SMILES string of the molecule is COC1(OC)CCNC[C@@H]1O. The van der Waals surface area contributed by atoms with E-state index in [1.807, 2.05) is 0 Å². The largest absolute Gasteiger partial charge is 0.386 e. The summed E-state index contributed by atoms with van der Waals surface area (Å²) in [4.78, 5) is 0. The van der Waals surface area contributed by atoms with E-state index in [2.05, 4.69) is 5.32 Å². The molecule has 0 saturated carbocycles. The maximum absolute atomic E-state index is 9.51. The van der Waals surface area contributed by atoms with E-state index in [-0.39, 0.29) is 0 Å². The predicted molar refractivity (Wildman–Crippen MR) is 40.2 cm³/mol. The Morgan fingerprint density at radius 2 is 2.09 bits per heavy atom. The number of piperidine rings is 1. The van der Waals surface area contributed by atoms with Crippen molar-refractivity contribution in [3.8, 4) is 0 Å². The number of β-amino-alcohol motifs (C(OH)–C–C–N with tert-alkyl or cyclic N) is 1. The van der Waals surface area contributed by atoms with Crippen LogP contribution < -0.4 is 5.32 Å².